The molecule has 1 aliphatic heterocycles. The van der Waals surface area contributed by atoms with Crippen molar-refractivity contribution < 1.29 is 9.94 Å². The molecule has 1 N–H and O–H groups in total. The molecule has 0 radical (unpaired) electrons. The molecule has 0 bridgehead atoms. The van der Waals surface area contributed by atoms with Gasteiger partial charge >= 0.3 is 0 Å². The van der Waals surface area contributed by atoms with Gasteiger partial charge in [-0.1, -0.05) is 32.6 Å². The summed E-state index contributed by atoms with van der Waals surface area (Å²) in [6.07, 6.45) is 8.96. The zero-order chi connectivity index (χ0) is 16.1. The van der Waals surface area contributed by atoms with Crippen molar-refractivity contribution in [3.63, 3.8) is 0 Å². The Morgan fingerprint density at radius 2 is 1.62 bits per heavy atom. The Hall–Kier alpha value is 0.610. The highest BCUT2D eigenvalue weighted by atomic mass is 127. The van der Waals surface area contributed by atoms with E-state index in [0.29, 0.717) is 0 Å². The minimum atomic E-state index is -0.225. The van der Waals surface area contributed by atoms with E-state index in [0.717, 1.165) is 19.3 Å². The standard InChI is InChI=1S/C17H34INO2/c1-6-7-8-9-10-11-15(18)21-19-16(2,3)12-14(20)13-17(19,4)5/h14-15,20H,6-13H2,1-5H3. The predicted molar refractivity (Wildman–Crippen MR) is 97.5 cm³/mol. The van der Waals surface area contributed by atoms with Crippen molar-refractivity contribution in [2.45, 2.75) is 107 Å². The first-order valence-electron chi connectivity index (χ1n) is 8.48. The molecule has 1 rings (SSSR count). The molecule has 1 aliphatic rings. The Morgan fingerprint density at radius 1 is 1.10 bits per heavy atom. The highest BCUT2D eigenvalue weighted by Crippen LogP contribution is 2.39. The predicted octanol–water partition coefficient (Wildman–Crippen LogP) is 5.05. The molecule has 4 heteroatoms. The van der Waals surface area contributed by atoms with Gasteiger partial charge in [0.15, 0.2) is 0 Å². The van der Waals surface area contributed by atoms with Gasteiger partial charge in [-0.2, -0.15) is 5.06 Å². The molecule has 1 unspecified atom stereocenters. The first-order valence-corrected chi connectivity index (χ1v) is 9.73. The van der Waals surface area contributed by atoms with Crippen molar-refractivity contribution >= 4 is 22.6 Å². The quantitative estimate of drug-likeness (QED) is 0.345. The van der Waals surface area contributed by atoms with Gasteiger partial charge in [-0.3, -0.25) is 4.84 Å². The summed E-state index contributed by atoms with van der Waals surface area (Å²) in [6.45, 7) is 10.9. The molecular weight excluding hydrogens is 377 g/mol. The van der Waals surface area contributed by atoms with E-state index in [2.05, 4.69) is 62.3 Å². The van der Waals surface area contributed by atoms with Crippen LogP contribution in [-0.2, 0) is 4.84 Å². The summed E-state index contributed by atoms with van der Waals surface area (Å²) in [6, 6.07) is 0. The van der Waals surface area contributed by atoms with E-state index >= 15 is 0 Å². The first-order chi connectivity index (χ1) is 9.69. The van der Waals surface area contributed by atoms with Gasteiger partial charge in [0.05, 0.1) is 6.10 Å². The summed E-state index contributed by atoms with van der Waals surface area (Å²) in [5, 5.41) is 12.2. The number of hydroxylamine groups is 2. The third-order valence-corrected chi connectivity index (χ3v) is 5.17. The molecule has 0 spiro atoms. The Balaban J connectivity index is 2.47. The highest BCUT2D eigenvalue weighted by molar-refractivity contribution is 14.1. The second-order valence-corrected chi connectivity index (χ2v) is 9.09. The molecule has 0 aromatic carbocycles. The van der Waals surface area contributed by atoms with Gasteiger partial charge in [0.25, 0.3) is 0 Å². The number of aliphatic hydroxyl groups is 1. The van der Waals surface area contributed by atoms with Gasteiger partial charge in [0.2, 0.25) is 0 Å². The molecule has 1 heterocycles. The summed E-state index contributed by atoms with van der Waals surface area (Å²) < 4.78 is 0.220. The van der Waals surface area contributed by atoms with Crippen LogP contribution in [0.5, 0.6) is 0 Å². The average Bonchev–Trinajstić information content (AvgIpc) is 2.32. The van der Waals surface area contributed by atoms with E-state index in [4.69, 9.17) is 4.84 Å². The minimum absolute atomic E-state index is 0.118. The van der Waals surface area contributed by atoms with Crippen LogP contribution in [-0.4, -0.2) is 31.5 Å². The molecule has 126 valence electrons. The minimum Gasteiger partial charge on any atom is -0.393 e. The lowest BCUT2D eigenvalue weighted by atomic mass is 9.80. The Kier molecular flexibility index (Phi) is 7.92. The third-order valence-electron chi connectivity index (χ3n) is 4.32. The van der Waals surface area contributed by atoms with Gasteiger partial charge in [-0.15, -0.1) is 0 Å². The van der Waals surface area contributed by atoms with Crippen LogP contribution in [0.15, 0.2) is 0 Å². The van der Waals surface area contributed by atoms with Gasteiger partial charge in [-0.25, -0.2) is 0 Å². The first kappa shape index (κ1) is 19.7. The fraction of sp³-hybridized carbons (Fsp3) is 1.00. The van der Waals surface area contributed by atoms with E-state index in [-0.39, 0.29) is 21.3 Å². The van der Waals surface area contributed by atoms with E-state index in [1.807, 2.05) is 0 Å². The van der Waals surface area contributed by atoms with Crippen LogP contribution >= 0.6 is 22.6 Å². The molecule has 0 amide bonds. The molecular formula is C17H34INO2. The van der Waals surface area contributed by atoms with Crippen LogP contribution in [0.25, 0.3) is 0 Å². The average molecular weight is 411 g/mol. The summed E-state index contributed by atoms with van der Waals surface area (Å²) in [5.74, 6) is 0. The fourth-order valence-electron chi connectivity index (χ4n) is 3.57. The summed E-state index contributed by atoms with van der Waals surface area (Å²) >= 11 is 2.42. The van der Waals surface area contributed by atoms with Gasteiger partial charge in [0.1, 0.15) is 4.11 Å². The van der Waals surface area contributed by atoms with Crippen LogP contribution in [0.3, 0.4) is 0 Å². The highest BCUT2D eigenvalue weighted by Gasteiger charge is 2.46. The smallest absolute Gasteiger partial charge is 0.130 e. The van der Waals surface area contributed by atoms with Crippen molar-refractivity contribution in [1.29, 1.82) is 0 Å². The Labute approximate surface area is 144 Å². The van der Waals surface area contributed by atoms with Gasteiger partial charge in [0, 0.05) is 11.1 Å². The molecule has 0 aliphatic carbocycles. The lowest BCUT2D eigenvalue weighted by Gasteiger charge is -2.53. The Morgan fingerprint density at radius 3 is 2.14 bits per heavy atom. The van der Waals surface area contributed by atoms with E-state index in [1.54, 1.807) is 0 Å². The largest absolute Gasteiger partial charge is 0.393 e. The lowest BCUT2D eigenvalue weighted by molar-refractivity contribution is -0.296. The lowest BCUT2D eigenvalue weighted by Crippen LogP contribution is -2.62. The molecule has 21 heavy (non-hydrogen) atoms. The number of piperidine rings is 1. The topological polar surface area (TPSA) is 32.7 Å². The molecule has 1 atom stereocenters. The number of nitrogens with zero attached hydrogens (tertiary/aromatic N) is 1. The SMILES string of the molecule is CCCCCCCC(I)ON1C(C)(C)CC(O)CC1(C)C. The maximum absolute atomic E-state index is 10.1. The molecule has 1 saturated heterocycles. The summed E-state index contributed by atoms with van der Waals surface area (Å²) in [5.41, 5.74) is -0.237. The monoisotopic (exact) mass is 411 g/mol. The number of halogens is 1. The number of unbranched alkanes of at least 4 members (excludes halogenated alkanes) is 4. The zero-order valence-electron chi connectivity index (χ0n) is 14.5. The molecule has 3 nitrogen and oxygen atoms in total. The van der Waals surface area contributed by atoms with E-state index < -0.39 is 0 Å². The number of alkyl halides is 1. The number of aliphatic hydroxyl groups excluding tert-OH is 1. The molecule has 0 aromatic heterocycles. The second kappa shape index (κ2) is 8.46. The van der Waals surface area contributed by atoms with E-state index in [1.165, 1.54) is 32.1 Å². The maximum Gasteiger partial charge on any atom is 0.130 e. The van der Waals surface area contributed by atoms with Crippen molar-refractivity contribution in [1.82, 2.24) is 5.06 Å². The maximum atomic E-state index is 10.1. The van der Waals surface area contributed by atoms with Gasteiger partial charge in [-0.05, 0) is 76.0 Å². The number of hydrogen-bond donors (Lipinski definition) is 1. The van der Waals surface area contributed by atoms with Crippen molar-refractivity contribution in [3.8, 4) is 0 Å². The van der Waals surface area contributed by atoms with Crippen molar-refractivity contribution in [2.75, 3.05) is 0 Å². The fourth-order valence-corrected chi connectivity index (χ4v) is 4.24. The van der Waals surface area contributed by atoms with Crippen LogP contribution < -0.4 is 0 Å². The zero-order valence-corrected chi connectivity index (χ0v) is 16.6. The van der Waals surface area contributed by atoms with Crippen LogP contribution in [0.4, 0.5) is 0 Å². The van der Waals surface area contributed by atoms with Gasteiger partial charge < -0.3 is 5.11 Å². The molecule has 0 saturated carbocycles. The van der Waals surface area contributed by atoms with Crippen molar-refractivity contribution in [2.24, 2.45) is 0 Å². The summed E-state index contributed by atoms with van der Waals surface area (Å²) in [4.78, 5) is 6.29. The molecule has 0 aromatic rings. The van der Waals surface area contributed by atoms with E-state index in [9.17, 15) is 5.11 Å². The second-order valence-electron chi connectivity index (χ2n) is 7.70. The van der Waals surface area contributed by atoms with Crippen LogP contribution in [0.2, 0.25) is 0 Å². The normalized spacial score (nSPS) is 24.1. The third kappa shape index (κ3) is 6.32. The summed E-state index contributed by atoms with van der Waals surface area (Å²) in [7, 11) is 0. The van der Waals surface area contributed by atoms with Crippen LogP contribution in [0, 0.1) is 0 Å². The van der Waals surface area contributed by atoms with Crippen molar-refractivity contribution in [3.05, 3.63) is 0 Å². The number of rotatable bonds is 8. The Bertz CT molecular complexity index is 289. The number of hydrogen-bond acceptors (Lipinski definition) is 3. The van der Waals surface area contributed by atoms with Crippen LogP contribution in [0.1, 0.15) is 86.0 Å². The molecule has 1 fully saturated rings.